The molecule has 0 aliphatic heterocycles. The number of hydrogen-bond donors (Lipinski definition) is 0. The fourth-order valence-corrected chi connectivity index (χ4v) is 0.925. The molecule has 1 atom stereocenters. The number of hydrogen-bond acceptors (Lipinski definition) is 2. The van der Waals surface area contributed by atoms with Crippen molar-refractivity contribution in [2.75, 3.05) is 0 Å². The molecule has 0 amide bonds. The van der Waals surface area contributed by atoms with Gasteiger partial charge in [0.05, 0.1) is 4.92 Å². The van der Waals surface area contributed by atoms with Crippen molar-refractivity contribution in [1.29, 1.82) is 0 Å². The van der Waals surface area contributed by atoms with Gasteiger partial charge in [0.25, 0.3) is 5.69 Å². The zero-order chi connectivity index (χ0) is 9.14. The van der Waals surface area contributed by atoms with E-state index < -0.39 is 4.92 Å². The van der Waals surface area contributed by atoms with Crippen LogP contribution in [0.15, 0.2) is 24.3 Å². The van der Waals surface area contributed by atoms with E-state index in [1.165, 1.54) is 12.1 Å². The first kappa shape index (κ1) is 16.5. The Balaban J connectivity index is 0. The summed E-state index contributed by atoms with van der Waals surface area (Å²) in [5.74, 6) is 0.172. The Morgan fingerprint density at radius 1 is 1.36 bits per heavy atom. The van der Waals surface area contributed by atoms with Crippen molar-refractivity contribution < 1.29 is 28.9 Å². The van der Waals surface area contributed by atoms with E-state index in [-0.39, 0.29) is 58.6 Å². The summed E-state index contributed by atoms with van der Waals surface area (Å²) in [6, 6.07) is 6.46. The topological polar surface area (TPSA) is 43.1 Å². The second kappa shape index (κ2) is 7.41. The summed E-state index contributed by atoms with van der Waals surface area (Å²) < 4.78 is 0. The Kier molecular flexibility index (Phi) is 8.76. The summed E-state index contributed by atoms with van der Waals surface area (Å²) in [6.45, 7) is 5.76. The predicted octanol–water partition coefficient (Wildman–Crippen LogP) is -0.844. The zero-order valence-electron chi connectivity index (χ0n) is 7.94. The van der Waals surface area contributed by atoms with Crippen LogP contribution in [0.1, 0.15) is 18.4 Å². The molecular weight excluding hydrogens is 305 g/mol. The molecule has 0 bridgehead atoms. The van der Waals surface area contributed by atoms with Gasteiger partial charge in [-0.3, -0.25) is 10.1 Å². The molecule has 3 nitrogen and oxygen atoms in total. The van der Waals surface area contributed by atoms with Crippen LogP contribution in [0.3, 0.4) is 0 Å². The van der Waals surface area contributed by atoms with Crippen molar-refractivity contribution in [3.63, 3.8) is 0 Å². The van der Waals surface area contributed by atoms with Crippen LogP contribution in [0, 0.1) is 17.0 Å². The van der Waals surface area contributed by atoms with E-state index >= 15 is 0 Å². The minimum atomic E-state index is -0.405. The van der Waals surface area contributed by atoms with Gasteiger partial charge in [0.1, 0.15) is 0 Å². The van der Waals surface area contributed by atoms with Gasteiger partial charge in [-0.15, -0.1) is 5.92 Å². The maximum absolute atomic E-state index is 10.3. The summed E-state index contributed by atoms with van der Waals surface area (Å²) in [5, 5.41) is 10.3. The maximum Gasteiger partial charge on any atom is 2.00 e. The van der Waals surface area contributed by atoms with Gasteiger partial charge in [0.15, 0.2) is 0 Å². The third-order valence-corrected chi connectivity index (χ3v) is 1.67. The van der Waals surface area contributed by atoms with Crippen LogP contribution in [-0.2, 0) is 0 Å². The molecule has 14 heavy (non-hydrogen) atoms. The van der Waals surface area contributed by atoms with Crippen LogP contribution in [-0.4, -0.2) is 28.0 Å². The van der Waals surface area contributed by atoms with E-state index in [4.69, 9.17) is 0 Å². The molecular formula is C9H10IMgNO2. The third-order valence-electron chi connectivity index (χ3n) is 1.67. The van der Waals surface area contributed by atoms with Crippen molar-refractivity contribution in [2.24, 2.45) is 0 Å². The van der Waals surface area contributed by atoms with Crippen LogP contribution in [0.2, 0.25) is 0 Å². The summed E-state index contributed by atoms with van der Waals surface area (Å²) in [4.78, 5) is 9.87. The third kappa shape index (κ3) is 4.56. The molecule has 0 fully saturated rings. The molecule has 0 heterocycles. The Bertz CT molecular complexity index is 287. The fourth-order valence-electron chi connectivity index (χ4n) is 0.925. The van der Waals surface area contributed by atoms with Crippen molar-refractivity contribution >= 4 is 28.7 Å². The van der Waals surface area contributed by atoms with Gasteiger partial charge in [-0.1, -0.05) is 24.6 Å². The van der Waals surface area contributed by atoms with Gasteiger partial charge in [-0.2, -0.15) is 0 Å². The number of nitrogens with zero attached hydrogens (tertiary/aromatic N) is 1. The number of non-ortho nitro benzene ring substituents is 1. The Hall–Kier alpha value is 0.116. The molecule has 0 aliphatic rings. The van der Waals surface area contributed by atoms with E-state index in [0.717, 1.165) is 5.56 Å². The molecule has 1 aromatic carbocycles. The van der Waals surface area contributed by atoms with E-state index in [2.05, 4.69) is 6.92 Å². The number of benzene rings is 1. The molecule has 5 heteroatoms. The Labute approximate surface area is 117 Å². The maximum atomic E-state index is 10.3. The predicted molar refractivity (Wildman–Crippen MR) is 52.6 cm³/mol. The van der Waals surface area contributed by atoms with Crippen LogP contribution >= 0.6 is 0 Å². The van der Waals surface area contributed by atoms with Gasteiger partial charge in [0, 0.05) is 12.1 Å². The Morgan fingerprint density at radius 2 is 1.79 bits per heavy atom. The molecule has 1 rings (SSSR count). The number of halogens is 1. The van der Waals surface area contributed by atoms with E-state index in [0.29, 0.717) is 0 Å². The van der Waals surface area contributed by atoms with E-state index in [1.54, 1.807) is 12.1 Å². The number of rotatable bonds is 2. The van der Waals surface area contributed by atoms with Crippen molar-refractivity contribution in [3.8, 4) is 0 Å². The second-order valence-electron chi connectivity index (χ2n) is 2.75. The van der Waals surface area contributed by atoms with Gasteiger partial charge >= 0.3 is 23.1 Å². The molecule has 0 aliphatic carbocycles. The van der Waals surface area contributed by atoms with Crippen molar-refractivity contribution in [2.45, 2.75) is 12.8 Å². The molecule has 1 unspecified atom stereocenters. The molecule has 72 valence electrons. The largest absolute Gasteiger partial charge is 2.00 e. The first-order valence-corrected chi connectivity index (χ1v) is 3.68. The number of nitro benzene ring substituents is 1. The minimum absolute atomic E-state index is 0. The van der Waals surface area contributed by atoms with E-state index in [1.807, 2.05) is 6.92 Å². The van der Waals surface area contributed by atoms with Crippen LogP contribution in [0.25, 0.3) is 0 Å². The summed E-state index contributed by atoms with van der Waals surface area (Å²) in [5.41, 5.74) is 1.14. The minimum Gasteiger partial charge on any atom is -1.00 e. The quantitative estimate of drug-likeness (QED) is 0.235. The molecule has 0 spiro atoms. The summed E-state index contributed by atoms with van der Waals surface area (Å²) >= 11 is 0. The van der Waals surface area contributed by atoms with E-state index in [9.17, 15) is 10.1 Å². The molecule has 1 aromatic rings. The van der Waals surface area contributed by atoms with Crippen molar-refractivity contribution in [3.05, 3.63) is 46.9 Å². The summed E-state index contributed by atoms with van der Waals surface area (Å²) in [6.07, 6.45) is 0. The first-order valence-electron chi connectivity index (χ1n) is 3.68. The monoisotopic (exact) mass is 315 g/mol. The van der Waals surface area contributed by atoms with Crippen LogP contribution in [0.4, 0.5) is 5.69 Å². The normalized spacial score (nSPS) is 10.7. The smallest absolute Gasteiger partial charge is 1.00 e. The number of nitro groups is 1. The van der Waals surface area contributed by atoms with Gasteiger partial charge in [0.2, 0.25) is 0 Å². The molecule has 0 radical (unpaired) electrons. The Morgan fingerprint density at radius 3 is 2.07 bits per heavy atom. The molecule has 0 saturated carbocycles. The van der Waals surface area contributed by atoms with Crippen molar-refractivity contribution in [1.82, 2.24) is 0 Å². The average Bonchev–Trinajstić information content (AvgIpc) is 2.04. The standard InChI is InChI=1S/C9H10NO2.HI.Mg/c1-7(2)8-3-5-9(6-4-8)10(11)12;;/h3-7H,1H2,2H3;1H;/q-1;;+2/p-1. The van der Waals surface area contributed by atoms with Crippen LogP contribution in [0.5, 0.6) is 0 Å². The van der Waals surface area contributed by atoms with Gasteiger partial charge in [-0.25, -0.2) is 0 Å². The first-order chi connectivity index (χ1) is 5.61. The second-order valence-corrected chi connectivity index (χ2v) is 2.75. The SMILES string of the molecule is [CH2-]C(C)c1ccc([N+](=O)[O-])cc1.[I-].[Mg+2]. The zero-order valence-corrected chi connectivity index (χ0v) is 11.5. The average molecular weight is 315 g/mol. The molecule has 0 aromatic heterocycles. The fraction of sp³-hybridized carbons (Fsp3) is 0.222. The van der Waals surface area contributed by atoms with Crippen LogP contribution < -0.4 is 24.0 Å². The molecule has 0 N–H and O–H groups in total. The van der Waals surface area contributed by atoms with Gasteiger partial charge in [-0.05, 0) is 0 Å². The summed E-state index contributed by atoms with van der Waals surface area (Å²) in [7, 11) is 0. The van der Waals surface area contributed by atoms with Gasteiger partial charge < -0.3 is 30.9 Å². The molecule has 0 saturated heterocycles.